The predicted molar refractivity (Wildman–Crippen MR) is 34.4 cm³/mol. The van der Waals surface area contributed by atoms with Crippen molar-refractivity contribution in [2.24, 2.45) is 11.1 Å². The van der Waals surface area contributed by atoms with Gasteiger partial charge in [-0.3, -0.25) is 5.73 Å². The third kappa shape index (κ3) is 5.23. The third-order valence-electron chi connectivity index (χ3n) is 1.02. The Morgan fingerprint density at radius 1 is 1.78 bits per heavy atom. The topological polar surface area (TPSA) is 64.7 Å². The highest BCUT2D eigenvalue weighted by Gasteiger charge is 1.99. The van der Waals surface area contributed by atoms with E-state index in [2.05, 4.69) is 10.2 Å². The Kier molecular flexibility index (Phi) is 5.11. The number of rotatable bonds is 5. The summed E-state index contributed by atoms with van der Waals surface area (Å²) in [5.74, 6) is 0. The normalized spacial score (nSPS) is 12.7. The molecular formula is C5H12N2O2. The van der Waals surface area contributed by atoms with Crippen molar-refractivity contribution in [2.45, 2.75) is 32.4 Å². The number of nitrogens with two attached hydrogens (primary N) is 1. The summed E-state index contributed by atoms with van der Waals surface area (Å²) in [5, 5.41) is 2.21. The molecule has 0 aliphatic heterocycles. The van der Waals surface area contributed by atoms with Crippen LogP contribution in [0.25, 0.3) is 0 Å². The summed E-state index contributed by atoms with van der Waals surface area (Å²) in [6.07, 6.45) is 2.21. The Morgan fingerprint density at radius 3 is 2.89 bits per heavy atom. The van der Waals surface area contributed by atoms with E-state index in [1.54, 1.807) is 0 Å². The lowest BCUT2D eigenvalue weighted by Gasteiger charge is -2.03. The van der Waals surface area contributed by atoms with Crippen LogP contribution in [-0.2, 0) is 4.84 Å². The first-order chi connectivity index (χ1) is 4.31. The van der Waals surface area contributed by atoms with Crippen molar-refractivity contribution < 1.29 is 4.84 Å². The van der Waals surface area contributed by atoms with Crippen LogP contribution in [0.4, 0.5) is 0 Å². The molecule has 0 fully saturated rings. The molecule has 1 atom stereocenters. The van der Waals surface area contributed by atoms with Crippen LogP contribution >= 0.6 is 0 Å². The molecule has 9 heavy (non-hydrogen) atoms. The minimum absolute atomic E-state index is 0.512. The zero-order valence-electron chi connectivity index (χ0n) is 5.54. The van der Waals surface area contributed by atoms with Crippen LogP contribution in [0.1, 0.15) is 26.2 Å². The fourth-order valence-electron chi connectivity index (χ4n) is 0.513. The van der Waals surface area contributed by atoms with Gasteiger partial charge in [0.1, 0.15) is 0 Å². The Labute approximate surface area is 54.3 Å². The minimum atomic E-state index is -0.512. The lowest BCUT2D eigenvalue weighted by molar-refractivity contribution is 0.0524. The number of unbranched alkanes of at least 4 members (excludes halogenated alkanes) is 1. The molecule has 0 heterocycles. The number of nitrogens with zero attached hydrogens (tertiary/aromatic N) is 1. The Balaban J connectivity index is 3.04. The van der Waals surface area contributed by atoms with Crippen molar-refractivity contribution in [3.63, 3.8) is 0 Å². The molecule has 0 aliphatic rings. The van der Waals surface area contributed by atoms with Gasteiger partial charge in [0.05, 0.1) is 0 Å². The van der Waals surface area contributed by atoms with E-state index in [1.807, 2.05) is 6.92 Å². The van der Waals surface area contributed by atoms with Crippen molar-refractivity contribution in [1.29, 1.82) is 0 Å². The van der Waals surface area contributed by atoms with Gasteiger partial charge in [-0.15, -0.1) is 4.91 Å². The molecular weight excluding hydrogens is 120 g/mol. The highest BCUT2D eigenvalue weighted by molar-refractivity contribution is 4.45. The molecule has 0 aromatic carbocycles. The molecule has 0 radical (unpaired) electrons. The van der Waals surface area contributed by atoms with E-state index >= 15 is 0 Å². The molecule has 2 N–H and O–H groups in total. The molecule has 0 spiro atoms. The molecule has 0 aliphatic carbocycles. The summed E-state index contributed by atoms with van der Waals surface area (Å²) < 4.78 is 0. The number of hydrogen-bond acceptors (Lipinski definition) is 4. The molecule has 4 heteroatoms. The standard InChI is InChI=1S/C5H12N2O2/c1-2-3-4-5(6)9-7-8/h5H,2-4,6H2,1H3. The van der Waals surface area contributed by atoms with Gasteiger partial charge in [-0.05, 0) is 6.42 Å². The SMILES string of the molecule is CCCCC(N)ON=O. The van der Waals surface area contributed by atoms with Crippen molar-refractivity contribution in [1.82, 2.24) is 0 Å². The Hall–Kier alpha value is -0.640. The maximum Gasteiger partial charge on any atom is 0.179 e. The summed E-state index contributed by atoms with van der Waals surface area (Å²) in [7, 11) is 0. The van der Waals surface area contributed by atoms with Crippen molar-refractivity contribution in [3.8, 4) is 0 Å². The van der Waals surface area contributed by atoms with Crippen LogP contribution < -0.4 is 5.73 Å². The average Bonchev–Trinajstić information content (AvgIpc) is 1.85. The highest BCUT2D eigenvalue weighted by Crippen LogP contribution is 1.98. The van der Waals surface area contributed by atoms with Gasteiger partial charge in [-0.25, -0.2) is 0 Å². The molecule has 0 saturated carbocycles. The molecule has 0 aromatic heterocycles. The first-order valence-electron chi connectivity index (χ1n) is 3.05. The van der Waals surface area contributed by atoms with Gasteiger partial charge >= 0.3 is 0 Å². The van der Waals surface area contributed by atoms with Crippen LogP contribution in [0, 0.1) is 4.91 Å². The fraction of sp³-hybridized carbons (Fsp3) is 1.00. The quantitative estimate of drug-likeness (QED) is 0.347. The molecule has 1 unspecified atom stereocenters. The molecule has 4 nitrogen and oxygen atoms in total. The van der Waals surface area contributed by atoms with E-state index in [-0.39, 0.29) is 0 Å². The van der Waals surface area contributed by atoms with E-state index in [0.29, 0.717) is 6.42 Å². The van der Waals surface area contributed by atoms with E-state index in [4.69, 9.17) is 5.73 Å². The summed E-state index contributed by atoms with van der Waals surface area (Å²) in [4.78, 5) is 13.6. The van der Waals surface area contributed by atoms with Gasteiger partial charge < -0.3 is 4.84 Å². The Bertz CT molecular complexity index is 77.4. The van der Waals surface area contributed by atoms with Gasteiger partial charge in [0.15, 0.2) is 11.6 Å². The van der Waals surface area contributed by atoms with Crippen LogP contribution in [0.3, 0.4) is 0 Å². The van der Waals surface area contributed by atoms with E-state index in [0.717, 1.165) is 12.8 Å². The fourth-order valence-corrected chi connectivity index (χ4v) is 0.513. The smallest absolute Gasteiger partial charge is 0.179 e. The lowest BCUT2D eigenvalue weighted by Crippen LogP contribution is -2.20. The summed E-state index contributed by atoms with van der Waals surface area (Å²) in [6, 6.07) is 0. The largest absolute Gasteiger partial charge is 0.345 e. The summed E-state index contributed by atoms with van der Waals surface area (Å²) in [6.45, 7) is 2.04. The number of hydrogen-bond donors (Lipinski definition) is 1. The van der Waals surface area contributed by atoms with E-state index < -0.39 is 6.23 Å². The van der Waals surface area contributed by atoms with Gasteiger partial charge in [0.2, 0.25) is 0 Å². The minimum Gasteiger partial charge on any atom is -0.345 e. The van der Waals surface area contributed by atoms with Crippen molar-refractivity contribution in [3.05, 3.63) is 4.91 Å². The molecule has 0 saturated heterocycles. The van der Waals surface area contributed by atoms with E-state index in [9.17, 15) is 4.91 Å². The highest BCUT2D eigenvalue weighted by atomic mass is 16.7. The average molecular weight is 132 g/mol. The first-order valence-corrected chi connectivity index (χ1v) is 3.05. The first kappa shape index (κ1) is 8.36. The maximum atomic E-state index is 9.43. The second kappa shape index (κ2) is 5.50. The molecule has 0 amide bonds. The van der Waals surface area contributed by atoms with Crippen LogP contribution in [-0.4, -0.2) is 6.23 Å². The van der Waals surface area contributed by atoms with Gasteiger partial charge in [-0.2, -0.15) is 0 Å². The van der Waals surface area contributed by atoms with Crippen molar-refractivity contribution >= 4 is 0 Å². The summed E-state index contributed by atoms with van der Waals surface area (Å²) >= 11 is 0. The van der Waals surface area contributed by atoms with Gasteiger partial charge in [0, 0.05) is 6.42 Å². The zero-order chi connectivity index (χ0) is 7.11. The predicted octanol–water partition coefficient (Wildman–Crippen LogP) is 1.16. The summed E-state index contributed by atoms with van der Waals surface area (Å²) in [5.41, 5.74) is 5.25. The monoisotopic (exact) mass is 132 g/mol. The van der Waals surface area contributed by atoms with Crippen LogP contribution in [0.5, 0.6) is 0 Å². The molecule has 54 valence electrons. The molecule has 0 bridgehead atoms. The molecule has 0 rings (SSSR count). The second-order valence-corrected chi connectivity index (χ2v) is 1.86. The zero-order valence-corrected chi connectivity index (χ0v) is 5.54. The Morgan fingerprint density at radius 2 is 2.44 bits per heavy atom. The second-order valence-electron chi connectivity index (χ2n) is 1.86. The maximum absolute atomic E-state index is 9.43. The van der Waals surface area contributed by atoms with Crippen LogP contribution in [0.2, 0.25) is 0 Å². The molecule has 0 aromatic rings. The lowest BCUT2D eigenvalue weighted by atomic mass is 10.2. The van der Waals surface area contributed by atoms with Crippen LogP contribution in [0.15, 0.2) is 5.34 Å². The van der Waals surface area contributed by atoms with E-state index in [1.165, 1.54) is 0 Å². The third-order valence-corrected chi connectivity index (χ3v) is 1.02. The van der Waals surface area contributed by atoms with Gasteiger partial charge in [-0.1, -0.05) is 13.3 Å². The van der Waals surface area contributed by atoms with Gasteiger partial charge in [0.25, 0.3) is 0 Å². The van der Waals surface area contributed by atoms with Crippen molar-refractivity contribution in [2.75, 3.05) is 0 Å².